The first-order valence-corrected chi connectivity index (χ1v) is 9.14. The number of halogens is 1. The molecule has 0 spiro atoms. The predicted octanol–water partition coefficient (Wildman–Crippen LogP) is 4.43. The van der Waals surface area contributed by atoms with Crippen molar-refractivity contribution in [2.24, 2.45) is 0 Å². The van der Waals surface area contributed by atoms with Gasteiger partial charge in [-0.15, -0.1) is 0 Å². The van der Waals surface area contributed by atoms with Crippen molar-refractivity contribution >= 4 is 27.7 Å². The summed E-state index contributed by atoms with van der Waals surface area (Å²) in [5, 5.41) is 7.52. The Balaban J connectivity index is 1.84. The zero-order valence-corrected chi connectivity index (χ0v) is 16.1. The molecule has 1 aliphatic rings. The number of fused-ring (bicyclic) bond motifs is 1. The normalized spacial score (nSPS) is 16.1. The number of benzene rings is 2. The molecule has 1 aromatic heterocycles. The second kappa shape index (κ2) is 6.61. The molecule has 4 rings (SSSR count). The zero-order chi connectivity index (χ0) is 18.3. The largest absolute Gasteiger partial charge is 0.496 e. The van der Waals surface area contributed by atoms with Gasteiger partial charge in [0.2, 0.25) is 5.91 Å². The van der Waals surface area contributed by atoms with Crippen LogP contribution in [0.3, 0.4) is 0 Å². The summed E-state index contributed by atoms with van der Waals surface area (Å²) in [4.78, 5) is 12.4. The van der Waals surface area contributed by atoms with E-state index in [2.05, 4.69) is 26.3 Å². The van der Waals surface area contributed by atoms with Crippen molar-refractivity contribution in [2.45, 2.75) is 19.3 Å². The molecule has 0 aliphatic carbocycles. The minimum atomic E-state index is -0.106. The van der Waals surface area contributed by atoms with Crippen molar-refractivity contribution in [3.8, 4) is 11.4 Å². The average molecular weight is 412 g/mol. The molecule has 6 heteroatoms. The van der Waals surface area contributed by atoms with E-state index in [1.165, 1.54) is 5.56 Å². The molecule has 0 radical (unpaired) electrons. The molecule has 2 heterocycles. The third kappa shape index (κ3) is 2.90. The molecule has 1 aliphatic heterocycles. The first-order valence-electron chi connectivity index (χ1n) is 8.35. The summed E-state index contributed by atoms with van der Waals surface area (Å²) in [6, 6.07) is 13.9. The molecule has 0 saturated heterocycles. The third-order valence-electron chi connectivity index (χ3n) is 4.67. The van der Waals surface area contributed by atoms with Gasteiger partial charge in [-0.05, 0) is 37.3 Å². The number of rotatable bonds is 3. The van der Waals surface area contributed by atoms with Gasteiger partial charge in [0.25, 0.3) is 0 Å². The van der Waals surface area contributed by atoms with E-state index in [1.807, 2.05) is 55.6 Å². The number of aryl methyl sites for hydroxylation is 1. The van der Waals surface area contributed by atoms with Crippen molar-refractivity contribution < 1.29 is 9.53 Å². The van der Waals surface area contributed by atoms with Crippen molar-refractivity contribution in [2.75, 3.05) is 12.4 Å². The van der Waals surface area contributed by atoms with E-state index in [-0.39, 0.29) is 11.8 Å². The van der Waals surface area contributed by atoms with E-state index < -0.39 is 0 Å². The van der Waals surface area contributed by atoms with E-state index >= 15 is 0 Å². The Hall–Kier alpha value is -2.60. The first-order chi connectivity index (χ1) is 12.6. The van der Waals surface area contributed by atoms with Crippen molar-refractivity contribution in [1.29, 1.82) is 0 Å². The number of nitrogens with zero attached hydrogens (tertiary/aromatic N) is 2. The molecule has 3 aromatic rings. The van der Waals surface area contributed by atoms with Crippen LogP contribution in [0.1, 0.15) is 29.0 Å². The molecule has 1 atom stereocenters. The molecule has 132 valence electrons. The average Bonchev–Trinajstić information content (AvgIpc) is 3.05. The van der Waals surface area contributed by atoms with Gasteiger partial charge in [-0.25, -0.2) is 4.68 Å². The van der Waals surface area contributed by atoms with Gasteiger partial charge in [-0.3, -0.25) is 4.79 Å². The molecule has 0 fully saturated rings. The minimum Gasteiger partial charge on any atom is -0.496 e. The maximum atomic E-state index is 12.4. The molecule has 0 bridgehead atoms. The number of ether oxygens (including phenoxy) is 1. The van der Waals surface area contributed by atoms with Gasteiger partial charge in [-0.2, -0.15) is 5.10 Å². The van der Waals surface area contributed by atoms with Gasteiger partial charge in [0.15, 0.2) is 0 Å². The Morgan fingerprint density at radius 2 is 1.96 bits per heavy atom. The number of hydrogen-bond acceptors (Lipinski definition) is 3. The van der Waals surface area contributed by atoms with E-state index in [4.69, 9.17) is 4.74 Å². The monoisotopic (exact) mass is 411 g/mol. The number of carbonyl (C=O) groups excluding carboxylic acids is 1. The lowest BCUT2D eigenvalue weighted by Gasteiger charge is -2.25. The molecule has 1 N–H and O–H groups in total. The van der Waals surface area contributed by atoms with Crippen LogP contribution < -0.4 is 10.1 Å². The molecule has 5 nitrogen and oxygen atoms in total. The number of methoxy groups -OCH3 is 1. The highest BCUT2D eigenvalue weighted by molar-refractivity contribution is 9.10. The highest BCUT2D eigenvalue weighted by atomic mass is 79.9. The summed E-state index contributed by atoms with van der Waals surface area (Å²) < 4.78 is 8.26. The number of hydrogen-bond donors (Lipinski definition) is 1. The maximum absolute atomic E-state index is 12.4. The summed E-state index contributed by atoms with van der Waals surface area (Å²) in [5.74, 6) is 1.35. The number of anilines is 1. The van der Waals surface area contributed by atoms with Crippen LogP contribution in [0.4, 0.5) is 5.82 Å². The van der Waals surface area contributed by atoms with E-state index in [1.54, 1.807) is 11.8 Å². The van der Waals surface area contributed by atoms with E-state index in [0.717, 1.165) is 32.9 Å². The van der Waals surface area contributed by atoms with Crippen LogP contribution >= 0.6 is 15.9 Å². The van der Waals surface area contributed by atoms with Gasteiger partial charge in [0.05, 0.1) is 19.0 Å². The van der Waals surface area contributed by atoms with E-state index in [0.29, 0.717) is 6.42 Å². The number of nitrogens with one attached hydrogen (secondary N) is 1. The van der Waals surface area contributed by atoms with Gasteiger partial charge >= 0.3 is 0 Å². The Kier molecular flexibility index (Phi) is 4.28. The predicted molar refractivity (Wildman–Crippen MR) is 104 cm³/mol. The van der Waals surface area contributed by atoms with Crippen molar-refractivity contribution in [1.82, 2.24) is 9.78 Å². The molecule has 0 unspecified atom stereocenters. The Labute approximate surface area is 160 Å². The Morgan fingerprint density at radius 1 is 1.19 bits per heavy atom. The standard InChI is InChI=1S/C20H18BrN3O2/c1-12-3-6-14(7-4-12)24-20-17(11-22-24)15(10-19(25)23-20)16-9-13(21)5-8-18(16)26-2/h3-9,11,15H,10H2,1-2H3,(H,23,25)/t15-/m1/s1. The lowest BCUT2D eigenvalue weighted by Crippen LogP contribution is -2.24. The van der Waals surface area contributed by atoms with Gasteiger partial charge < -0.3 is 10.1 Å². The van der Waals surface area contributed by atoms with Crippen LogP contribution in [-0.2, 0) is 4.79 Å². The number of carbonyl (C=O) groups is 1. The fraction of sp³-hybridized carbons (Fsp3) is 0.200. The van der Waals surface area contributed by atoms with Crippen LogP contribution in [-0.4, -0.2) is 22.8 Å². The van der Waals surface area contributed by atoms with Crippen LogP contribution in [0.25, 0.3) is 5.69 Å². The molecule has 2 aromatic carbocycles. The highest BCUT2D eigenvalue weighted by Gasteiger charge is 2.32. The van der Waals surface area contributed by atoms with Crippen LogP contribution in [0.5, 0.6) is 5.75 Å². The van der Waals surface area contributed by atoms with Crippen LogP contribution in [0.15, 0.2) is 53.1 Å². The SMILES string of the molecule is COc1ccc(Br)cc1[C@H]1CC(=O)Nc2c1cnn2-c1ccc(C)cc1. The molecular formula is C20H18BrN3O2. The Morgan fingerprint density at radius 3 is 2.69 bits per heavy atom. The van der Waals surface area contributed by atoms with Crippen LogP contribution in [0, 0.1) is 6.92 Å². The molecule has 1 amide bonds. The summed E-state index contributed by atoms with van der Waals surface area (Å²) >= 11 is 3.52. The lowest BCUT2D eigenvalue weighted by atomic mass is 9.87. The molecule has 0 saturated carbocycles. The van der Waals surface area contributed by atoms with Crippen molar-refractivity contribution in [3.63, 3.8) is 0 Å². The topological polar surface area (TPSA) is 56.1 Å². The smallest absolute Gasteiger partial charge is 0.226 e. The van der Waals surface area contributed by atoms with Crippen LogP contribution in [0.2, 0.25) is 0 Å². The second-order valence-electron chi connectivity index (χ2n) is 6.39. The van der Waals surface area contributed by atoms with Gasteiger partial charge in [0, 0.05) is 27.9 Å². The summed E-state index contributed by atoms with van der Waals surface area (Å²) in [6.45, 7) is 2.04. The number of aromatic nitrogens is 2. The second-order valence-corrected chi connectivity index (χ2v) is 7.30. The summed E-state index contributed by atoms with van der Waals surface area (Å²) in [6.07, 6.45) is 2.19. The maximum Gasteiger partial charge on any atom is 0.226 e. The quantitative estimate of drug-likeness (QED) is 0.693. The number of amides is 1. The first kappa shape index (κ1) is 16.8. The third-order valence-corrected chi connectivity index (χ3v) is 5.16. The Bertz CT molecular complexity index is 979. The van der Waals surface area contributed by atoms with Crippen molar-refractivity contribution in [3.05, 3.63) is 69.8 Å². The summed E-state index contributed by atoms with van der Waals surface area (Å²) in [5.41, 5.74) is 4.05. The van der Waals surface area contributed by atoms with E-state index in [9.17, 15) is 4.79 Å². The minimum absolute atomic E-state index is 0.0293. The van der Waals surface area contributed by atoms with Gasteiger partial charge in [-0.1, -0.05) is 33.6 Å². The fourth-order valence-corrected chi connectivity index (χ4v) is 3.74. The zero-order valence-electron chi connectivity index (χ0n) is 14.5. The summed E-state index contributed by atoms with van der Waals surface area (Å²) in [7, 11) is 1.65. The lowest BCUT2D eigenvalue weighted by molar-refractivity contribution is -0.116. The molecule has 26 heavy (non-hydrogen) atoms. The molecular weight excluding hydrogens is 394 g/mol. The highest BCUT2D eigenvalue weighted by Crippen LogP contribution is 2.42. The fourth-order valence-electron chi connectivity index (χ4n) is 3.36. The van der Waals surface area contributed by atoms with Gasteiger partial charge in [0.1, 0.15) is 11.6 Å².